The molecule has 3 aliphatic heterocycles. The molecule has 7 nitrogen and oxygen atoms in total. The van der Waals surface area contributed by atoms with E-state index in [1.54, 1.807) is 14.7 Å². The number of rotatable bonds is 1. The van der Waals surface area contributed by atoms with Gasteiger partial charge in [-0.1, -0.05) is 71.9 Å². The van der Waals surface area contributed by atoms with Crippen molar-refractivity contribution in [1.82, 2.24) is 25.0 Å². The minimum absolute atomic E-state index is 0.130. The minimum Gasteiger partial charge on any atom is -0.272 e. The summed E-state index contributed by atoms with van der Waals surface area (Å²) in [5.74, 6) is -0.261. The number of hydrogen-bond donors (Lipinski definition) is 0. The van der Waals surface area contributed by atoms with Crippen molar-refractivity contribution in [2.24, 2.45) is 5.41 Å². The van der Waals surface area contributed by atoms with E-state index in [9.17, 15) is 9.59 Å². The molecule has 1 saturated heterocycles. The van der Waals surface area contributed by atoms with Crippen LogP contribution in [0.25, 0.3) is 5.69 Å². The van der Waals surface area contributed by atoms with Gasteiger partial charge in [-0.2, -0.15) is 0 Å². The van der Waals surface area contributed by atoms with Crippen LogP contribution in [-0.4, -0.2) is 36.8 Å². The number of benzene rings is 3. The summed E-state index contributed by atoms with van der Waals surface area (Å²) < 4.78 is 1.77. The third kappa shape index (κ3) is 1.95. The zero-order valence-corrected chi connectivity index (χ0v) is 18.1. The number of hydrazine groups is 1. The molecule has 1 spiro atoms. The maximum atomic E-state index is 14.2. The molecule has 4 aromatic rings. The van der Waals surface area contributed by atoms with Crippen LogP contribution in [0.5, 0.6) is 0 Å². The normalized spacial score (nSPS) is 25.5. The Bertz CT molecular complexity index is 1430. The van der Waals surface area contributed by atoms with E-state index in [4.69, 9.17) is 0 Å². The van der Waals surface area contributed by atoms with E-state index >= 15 is 0 Å². The molecule has 0 N–H and O–H groups in total. The van der Waals surface area contributed by atoms with Gasteiger partial charge in [0.2, 0.25) is 0 Å². The Balaban J connectivity index is 1.28. The molecule has 0 saturated carbocycles. The molecule has 7 heteroatoms. The Kier molecular flexibility index (Phi) is 3.21. The summed E-state index contributed by atoms with van der Waals surface area (Å²) in [6.45, 7) is 0. The number of carbonyl (C=O) groups is 2. The molecule has 1 fully saturated rings. The lowest BCUT2D eigenvalue weighted by Crippen LogP contribution is -2.53. The van der Waals surface area contributed by atoms with E-state index < -0.39 is 5.41 Å². The van der Waals surface area contributed by atoms with Gasteiger partial charge in [-0.05, 0) is 34.4 Å². The third-order valence-electron chi connectivity index (χ3n) is 7.91. The number of hydrogen-bond acceptors (Lipinski definition) is 4. The van der Waals surface area contributed by atoms with E-state index in [2.05, 4.69) is 34.6 Å². The Morgan fingerprint density at radius 2 is 1.18 bits per heavy atom. The molecule has 34 heavy (non-hydrogen) atoms. The number of fused-ring (bicyclic) bond motifs is 1. The largest absolute Gasteiger partial charge is 0.272 e. The molecule has 9 rings (SSSR count). The number of carbonyl (C=O) groups excluding carboxylic acids is 2. The number of aromatic nitrogens is 3. The summed E-state index contributed by atoms with van der Waals surface area (Å²) in [7, 11) is 0. The average Bonchev–Trinajstić information content (AvgIpc) is 3.52. The Hall–Kier alpha value is -4.26. The molecule has 4 heterocycles. The van der Waals surface area contributed by atoms with Gasteiger partial charge in [0, 0.05) is 12.8 Å². The minimum atomic E-state index is -1.17. The second-order valence-corrected chi connectivity index (χ2v) is 9.53. The van der Waals surface area contributed by atoms with Crippen molar-refractivity contribution >= 4 is 11.8 Å². The topological polar surface area (TPSA) is 71.3 Å². The number of amides is 2. The standard InChI is InChI=1S/C27H19N5O2/c33-25-27(14-21-22(15-27)30(29-28-21)16-8-2-1-3-9-16)26(34)32-24-18-11-5-4-10-17(18)23(31(25)32)19-12-6-7-13-20(19)24/h1-13,23-24H,14-15H2. The highest BCUT2D eigenvalue weighted by molar-refractivity contribution is 6.12. The molecule has 2 amide bonds. The van der Waals surface area contributed by atoms with Crippen LogP contribution in [0.3, 0.4) is 0 Å². The summed E-state index contributed by atoms with van der Waals surface area (Å²) in [5, 5.41) is 12.2. The van der Waals surface area contributed by atoms with Gasteiger partial charge in [0.1, 0.15) is 17.5 Å². The van der Waals surface area contributed by atoms with Crippen LogP contribution in [0.1, 0.15) is 45.7 Å². The number of para-hydroxylation sites is 1. The summed E-state index contributed by atoms with van der Waals surface area (Å²) in [4.78, 5) is 28.4. The van der Waals surface area contributed by atoms with E-state index in [1.807, 2.05) is 54.6 Å². The average molecular weight is 445 g/mol. The first-order valence-corrected chi connectivity index (χ1v) is 11.5. The fourth-order valence-corrected chi connectivity index (χ4v) is 6.45. The molecule has 0 radical (unpaired) electrons. The quantitative estimate of drug-likeness (QED) is 0.422. The Morgan fingerprint density at radius 3 is 1.71 bits per heavy atom. The molecule has 0 unspecified atom stereocenters. The molecule has 5 aliphatic rings. The van der Waals surface area contributed by atoms with Gasteiger partial charge in [0.05, 0.1) is 17.1 Å². The second kappa shape index (κ2) is 5.99. The molecular formula is C27H19N5O2. The maximum Gasteiger partial charge on any atom is 0.258 e. The first-order valence-electron chi connectivity index (χ1n) is 11.5. The first kappa shape index (κ1) is 18.2. The lowest BCUT2D eigenvalue weighted by molar-refractivity contribution is -0.159. The van der Waals surface area contributed by atoms with Gasteiger partial charge in [-0.3, -0.25) is 9.59 Å². The van der Waals surface area contributed by atoms with Crippen molar-refractivity contribution in [1.29, 1.82) is 0 Å². The maximum absolute atomic E-state index is 14.2. The summed E-state index contributed by atoms with van der Waals surface area (Å²) >= 11 is 0. The second-order valence-electron chi connectivity index (χ2n) is 9.53. The van der Waals surface area contributed by atoms with Crippen LogP contribution in [0.2, 0.25) is 0 Å². The van der Waals surface area contributed by atoms with Crippen molar-refractivity contribution in [3.8, 4) is 5.69 Å². The van der Waals surface area contributed by atoms with Gasteiger partial charge >= 0.3 is 0 Å². The van der Waals surface area contributed by atoms with E-state index in [1.165, 1.54) is 0 Å². The van der Waals surface area contributed by atoms with E-state index in [0.29, 0.717) is 6.42 Å². The first-order chi connectivity index (χ1) is 16.7. The van der Waals surface area contributed by atoms with Gasteiger partial charge in [-0.15, -0.1) is 5.10 Å². The highest BCUT2D eigenvalue weighted by atomic mass is 16.2. The summed E-state index contributed by atoms with van der Waals surface area (Å²) in [6, 6.07) is 25.5. The van der Waals surface area contributed by atoms with Crippen LogP contribution >= 0.6 is 0 Å². The van der Waals surface area contributed by atoms with Crippen molar-refractivity contribution in [3.05, 3.63) is 113 Å². The fourth-order valence-electron chi connectivity index (χ4n) is 6.45. The van der Waals surface area contributed by atoms with Crippen molar-refractivity contribution < 1.29 is 9.59 Å². The van der Waals surface area contributed by atoms with Gasteiger partial charge in [-0.25, -0.2) is 14.7 Å². The zero-order valence-electron chi connectivity index (χ0n) is 18.1. The van der Waals surface area contributed by atoms with Crippen molar-refractivity contribution in [3.63, 3.8) is 0 Å². The summed E-state index contributed by atoms with van der Waals surface area (Å²) in [5.41, 5.74) is 5.69. The van der Waals surface area contributed by atoms with Crippen LogP contribution in [0.15, 0.2) is 78.9 Å². The smallest absolute Gasteiger partial charge is 0.258 e. The molecule has 2 aliphatic carbocycles. The molecule has 0 atom stereocenters. The van der Waals surface area contributed by atoms with Crippen molar-refractivity contribution in [2.75, 3.05) is 0 Å². The molecule has 2 bridgehead atoms. The Labute approximate surface area is 195 Å². The van der Waals surface area contributed by atoms with E-state index in [-0.39, 0.29) is 30.3 Å². The van der Waals surface area contributed by atoms with Crippen molar-refractivity contribution in [2.45, 2.75) is 24.9 Å². The Morgan fingerprint density at radius 1 is 0.676 bits per heavy atom. The van der Waals surface area contributed by atoms with Gasteiger partial charge in [0.25, 0.3) is 11.8 Å². The molecule has 1 aromatic heterocycles. The molecule has 164 valence electrons. The third-order valence-corrected chi connectivity index (χ3v) is 7.91. The number of nitrogens with zero attached hydrogens (tertiary/aromatic N) is 5. The highest BCUT2D eigenvalue weighted by Crippen LogP contribution is 2.59. The zero-order chi connectivity index (χ0) is 22.6. The lowest BCUT2D eigenvalue weighted by Gasteiger charge is -2.51. The van der Waals surface area contributed by atoms with Crippen LogP contribution in [0.4, 0.5) is 0 Å². The fraction of sp³-hybridized carbons (Fsp3) is 0.185. The monoisotopic (exact) mass is 445 g/mol. The predicted octanol–water partition coefficient (Wildman–Crippen LogP) is 3.14. The van der Waals surface area contributed by atoms with Crippen LogP contribution in [-0.2, 0) is 22.4 Å². The lowest BCUT2D eigenvalue weighted by atomic mass is 9.76. The van der Waals surface area contributed by atoms with Gasteiger partial charge < -0.3 is 0 Å². The highest BCUT2D eigenvalue weighted by Gasteiger charge is 2.68. The predicted molar refractivity (Wildman–Crippen MR) is 121 cm³/mol. The summed E-state index contributed by atoms with van der Waals surface area (Å²) in [6.07, 6.45) is 0.590. The van der Waals surface area contributed by atoms with Gasteiger partial charge in [0.15, 0.2) is 0 Å². The molecular weight excluding hydrogens is 426 g/mol. The SMILES string of the molecule is O=C1N2C3c4ccccc4C(c4ccccc43)N2C(=O)C12Cc1nnn(-c3ccccc3)c1C2. The van der Waals surface area contributed by atoms with Crippen LogP contribution < -0.4 is 0 Å². The van der Waals surface area contributed by atoms with E-state index in [0.717, 1.165) is 39.3 Å². The van der Waals surface area contributed by atoms with Crippen LogP contribution in [0, 0.1) is 5.41 Å². The molecule has 3 aromatic carbocycles.